The number of rotatable bonds is 8. The van der Waals surface area contributed by atoms with Gasteiger partial charge in [-0.05, 0) is 26.0 Å². The van der Waals surface area contributed by atoms with Crippen molar-refractivity contribution in [3.05, 3.63) is 30.3 Å². The normalized spacial score (nSPS) is 11.8. The third-order valence-corrected chi connectivity index (χ3v) is 4.54. The number of benzene rings is 1. The number of thioether (sulfide) groups is 1. The predicted octanol–water partition coefficient (Wildman–Crippen LogP) is 3.55. The molecule has 0 saturated carbocycles. The molecule has 116 valence electrons. The highest BCUT2D eigenvalue weighted by Crippen LogP contribution is 2.19. The van der Waals surface area contributed by atoms with Gasteiger partial charge >= 0.3 is 0 Å². The lowest BCUT2D eigenvalue weighted by atomic mass is 10.2. The molecular formula is C15H21IN2O2S. The summed E-state index contributed by atoms with van der Waals surface area (Å²) in [6.07, 6.45) is 0.344. The van der Waals surface area contributed by atoms with E-state index in [-0.39, 0.29) is 15.9 Å². The van der Waals surface area contributed by atoms with Gasteiger partial charge < -0.3 is 10.2 Å². The highest BCUT2D eigenvalue weighted by molar-refractivity contribution is 14.1. The second kappa shape index (κ2) is 10.0. The molecule has 0 fully saturated rings. The minimum absolute atomic E-state index is 0.0869. The molecule has 0 aliphatic rings. The summed E-state index contributed by atoms with van der Waals surface area (Å²) >= 11 is 3.36. The summed E-state index contributed by atoms with van der Waals surface area (Å²) in [5.74, 6) is 0.773. The first kappa shape index (κ1) is 18.3. The van der Waals surface area contributed by atoms with Crippen molar-refractivity contribution in [2.45, 2.75) is 31.2 Å². The van der Waals surface area contributed by atoms with Gasteiger partial charge in [0.1, 0.15) is 0 Å². The summed E-state index contributed by atoms with van der Waals surface area (Å²) in [5, 5.41) is 2.86. The molecule has 1 atom stereocenters. The molecule has 0 radical (unpaired) electrons. The van der Waals surface area contributed by atoms with Crippen molar-refractivity contribution in [2.75, 3.05) is 18.8 Å². The van der Waals surface area contributed by atoms with E-state index in [0.29, 0.717) is 25.3 Å². The van der Waals surface area contributed by atoms with Crippen LogP contribution in [0.15, 0.2) is 35.2 Å². The van der Waals surface area contributed by atoms with Gasteiger partial charge in [0.25, 0.3) is 3.91 Å². The van der Waals surface area contributed by atoms with Crippen LogP contribution in [0.1, 0.15) is 20.3 Å². The molecule has 1 rings (SSSR count). The number of halogens is 1. The Morgan fingerprint density at radius 3 is 2.38 bits per heavy atom. The van der Waals surface area contributed by atoms with Gasteiger partial charge in [0, 0.05) is 58.8 Å². The highest BCUT2D eigenvalue weighted by atomic mass is 127. The van der Waals surface area contributed by atoms with Crippen LogP contribution >= 0.6 is 34.4 Å². The molecule has 21 heavy (non-hydrogen) atoms. The van der Waals surface area contributed by atoms with Gasteiger partial charge in [-0.25, -0.2) is 0 Å². The average Bonchev–Trinajstić information content (AvgIpc) is 2.46. The molecule has 2 amide bonds. The standard InChI is InChI=1S/C15H21IN2O2S/c1-3-18(4-2)14(19)10-12(17-15(16)20)11-21-13-8-6-5-7-9-13/h5-9,12H,3-4,10-11H2,1-2H3,(H,17,20)/t12-/m1/s1. The van der Waals surface area contributed by atoms with Crippen molar-refractivity contribution in [2.24, 2.45) is 0 Å². The number of hydrogen-bond donors (Lipinski definition) is 1. The lowest BCUT2D eigenvalue weighted by Crippen LogP contribution is -2.40. The van der Waals surface area contributed by atoms with E-state index in [0.717, 1.165) is 4.90 Å². The summed E-state index contributed by atoms with van der Waals surface area (Å²) in [5.41, 5.74) is 0. The largest absolute Gasteiger partial charge is 0.343 e. The van der Waals surface area contributed by atoms with E-state index in [9.17, 15) is 9.59 Å². The lowest BCUT2D eigenvalue weighted by molar-refractivity contribution is -0.131. The zero-order chi connectivity index (χ0) is 15.7. The van der Waals surface area contributed by atoms with Crippen molar-refractivity contribution in [1.29, 1.82) is 0 Å². The van der Waals surface area contributed by atoms with Gasteiger partial charge in [0.2, 0.25) is 5.91 Å². The van der Waals surface area contributed by atoms with Crippen LogP contribution in [-0.2, 0) is 4.79 Å². The topological polar surface area (TPSA) is 49.4 Å². The Balaban J connectivity index is 2.59. The minimum Gasteiger partial charge on any atom is -0.343 e. The van der Waals surface area contributed by atoms with E-state index < -0.39 is 0 Å². The summed E-state index contributed by atoms with van der Waals surface area (Å²) < 4.78 is -0.126. The van der Waals surface area contributed by atoms with Crippen LogP contribution in [0.3, 0.4) is 0 Å². The fraction of sp³-hybridized carbons (Fsp3) is 0.467. The lowest BCUT2D eigenvalue weighted by Gasteiger charge is -2.23. The highest BCUT2D eigenvalue weighted by Gasteiger charge is 2.18. The second-order valence-corrected chi connectivity index (χ2v) is 6.58. The molecule has 0 aromatic heterocycles. The maximum Gasteiger partial charge on any atom is 0.280 e. The number of hydrogen-bond acceptors (Lipinski definition) is 3. The quantitative estimate of drug-likeness (QED) is 0.303. The van der Waals surface area contributed by atoms with Crippen LogP contribution in [0.5, 0.6) is 0 Å². The average molecular weight is 420 g/mol. The molecule has 1 aromatic rings. The van der Waals surface area contributed by atoms with Gasteiger partial charge in [0.05, 0.1) is 0 Å². The molecule has 0 heterocycles. The molecule has 0 spiro atoms. The van der Waals surface area contributed by atoms with Crippen LogP contribution in [0.25, 0.3) is 0 Å². The first-order valence-electron chi connectivity index (χ1n) is 6.98. The molecule has 0 saturated heterocycles. The molecule has 1 aromatic carbocycles. The number of carbonyl (C=O) groups excluding carboxylic acids is 2. The molecule has 0 bridgehead atoms. The maximum absolute atomic E-state index is 12.2. The van der Waals surface area contributed by atoms with Crippen LogP contribution < -0.4 is 5.32 Å². The van der Waals surface area contributed by atoms with Crippen LogP contribution in [-0.4, -0.2) is 39.6 Å². The van der Waals surface area contributed by atoms with Crippen molar-refractivity contribution >= 4 is 44.2 Å². The van der Waals surface area contributed by atoms with E-state index in [4.69, 9.17) is 0 Å². The van der Waals surface area contributed by atoms with E-state index >= 15 is 0 Å². The minimum atomic E-state index is -0.146. The van der Waals surface area contributed by atoms with Crippen LogP contribution in [0.2, 0.25) is 0 Å². The van der Waals surface area contributed by atoms with E-state index in [2.05, 4.69) is 5.32 Å². The number of nitrogens with zero attached hydrogens (tertiary/aromatic N) is 1. The van der Waals surface area contributed by atoms with Crippen molar-refractivity contribution in [3.8, 4) is 0 Å². The Hall–Kier alpha value is -0.760. The van der Waals surface area contributed by atoms with Gasteiger partial charge in [-0.15, -0.1) is 11.8 Å². The summed E-state index contributed by atoms with van der Waals surface area (Å²) in [7, 11) is 0. The van der Waals surface area contributed by atoms with Gasteiger partial charge in [-0.3, -0.25) is 9.59 Å². The summed E-state index contributed by atoms with van der Waals surface area (Å²) in [6, 6.07) is 9.84. The fourth-order valence-electron chi connectivity index (χ4n) is 1.94. The summed E-state index contributed by atoms with van der Waals surface area (Å²) in [4.78, 5) is 26.4. The zero-order valence-corrected chi connectivity index (χ0v) is 15.3. The molecule has 0 aliphatic heterocycles. The third kappa shape index (κ3) is 7.17. The van der Waals surface area contributed by atoms with E-state index in [1.807, 2.05) is 44.2 Å². The molecule has 6 heteroatoms. The summed E-state index contributed by atoms with van der Waals surface area (Å²) in [6.45, 7) is 5.33. The van der Waals surface area contributed by atoms with Crippen molar-refractivity contribution < 1.29 is 9.59 Å². The number of amides is 2. The SMILES string of the molecule is CCN(CC)C(=O)C[C@H](CSc1ccccc1)NC(=O)I. The first-order valence-corrected chi connectivity index (χ1v) is 9.04. The Morgan fingerprint density at radius 1 is 1.24 bits per heavy atom. The zero-order valence-electron chi connectivity index (χ0n) is 12.3. The smallest absolute Gasteiger partial charge is 0.280 e. The second-order valence-electron chi connectivity index (χ2n) is 4.51. The van der Waals surface area contributed by atoms with Crippen molar-refractivity contribution in [3.63, 3.8) is 0 Å². The Bertz CT molecular complexity index is 452. The van der Waals surface area contributed by atoms with Gasteiger partial charge in [-0.1, -0.05) is 18.2 Å². The van der Waals surface area contributed by atoms with Crippen molar-refractivity contribution in [1.82, 2.24) is 10.2 Å². The Kier molecular flexibility index (Phi) is 8.75. The molecule has 0 aliphatic carbocycles. The van der Waals surface area contributed by atoms with Gasteiger partial charge in [0.15, 0.2) is 0 Å². The predicted molar refractivity (Wildman–Crippen MR) is 96.1 cm³/mol. The third-order valence-electron chi connectivity index (χ3n) is 3.05. The first-order chi connectivity index (χ1) is 10.1. The fourth-order valence-corrected chi connectivity index (χ4v) is 3.33. The molecule has 0 unspecified atom stereocenters. The van der Waals surface area contributed by atoms with Crippen LogP contribution in [0.4, 0.5) is 4.79 Å². The molecule has 1 N–H and O–H groups in total. The monoisotopic (exact) mass is 420 g/mol. The number of carbonyl (C=O) groups is 2. The molecule has 4 nitrogen and oxygen atoms in total. The molecular weight excluding hydrogens is 399 g/mol. The Labute approximate surface area is 144 Å². The van der Waals surface area contributed by atoms with E-state index in [1.54, 1.807) is 39.3 Å². The number of nitrogens with one attached hydrogen (secondary N) is 1. The maximum atomic E-state index is 12.2. The van der Waals surface area contributed by atoms with Gasteiger partial charge in [-0.2, -0.15) is 0 Å². The van der Waals surface area contributed by atoms with E-state index in [1.165, 1.54) is 0 Å². The van der Waals surface area contributed by atoms with Crippen LogP contribution in [0, 0.1) is 0 Å². The Morgan fingerprint density at radius 2 is 1.86 bits per heavy atom.